The maximum atomic E-state index is 12.4. The molecule has 0 bridgehead atoms. The second kappa shape index (κ2) is 7.76. The molecule has 26 heavy (non-hydrogen) atoms. The van der Waals surface area contributed by atoms with E-state index in [-0.39, 0.29) is 22.1 Å². The first-order valence-electron chi connectivity index (χ1n) is 8.34. The fourth-order valence-electron chi connectivity index (χ4n) is 2.30. The fourth-order valence-corrected chi connectivity index (χ4v) is 2.30. The van der Waals surface area contributed by atoms with Gasteiger partial charge in [0.05, 0.1) is 5.56 Å². The average Bonchev–Trinajstić information content (AvgIpc) is 2.48. The van der Waals surface area contributed by atoms with Gasteiger partial charge >= 0.3 is 5.97 Å². The molecule has 7 nitrogen and oxygen atoms in total. The van der Waals surface area contributed by atoms with E-state index in [1.807, 2.05) is 41.5 Å². The number of carbonyl (C=O) groups excluding carboxylic acids is 3. The average molecular weight is 364 g/mol. The lowest BCUT2D eigenvalue weighted by molar-refractivity contribution is -0.129. The van der Waals surface area contributed by atoms with E-state index >= 15 is 0 Å². The van der Waals surface area contributed by atoms with Gasteiger partial charge in [0.2, 0.25) is 5.91 Å². The van der Waals surface area contributed by atoms with Crippen molar-refractivity contribution in [1.82, 2.24) is 10.9 Å². The van der Waals surface area contributed by atoms with Crippen LogP contribution in [0.15, 0.2) is 12.1 Å². The SMILES string of the molecule is CC(=O)NNC(=O)COC(=O)c1cc(C(C)(C)C)c(O)c(C(C)(C)C)c1. The second-order valence-electron chi connectivity index (χ2n) is 8.23. The largest absolute Gasteiger partial charge is 0.507 e. The highest BCUT2D eigenvalue weighted by atomic mass is 16.5. The highest BCUT2D eigenvalue weighted by molar-refractivity contribution is 5.92. The number of rotatable bonds is 3. The smallest absolute Gasteiger partial charge is 0.338 e. The van der Waals surface area contributed by atoms with Crippen LogP contribution in [0.4, 0.5) is 0 Å². The van der Waals surface area contributed by atoms with Crippen LogP contribution in [0, 0.1) is 0 Å². The molecule has 0 atom stereocenters. The monoisotopic (exact) mass is 364 g/mol. The molecule has 0 unspecified atom stereocenters. The van der Waals surface area contributed by atoms with Gasteiger partial charge in [-0.2, -0.15) is 0 Å². The molecule has 0 fully saturated rings. The Bertz CT molecular complexity index is 677. The summed E-state index contributed by atoms with van der Waals surface area (Å²) in [7, 11) is 0. The van der Waals surface area contributed by atoms with Gasteiger partial charge in [0, 0.05) is 18.1 Å². The lowest BCUT2D eigenvalue weighted by atomic mass is 9.78. The summed E-state index contributed by atoms with van der Waals surface area (Å²) in [5.74, 6) is -1.61. The number of amides is 2. The van der Waals surface area contributed by atoms with Crippen LogP contribution in [0.25, 0.3) is 0 Å². The van der Waals surface area contributed by atoms with Crippen molar-refractivity contribution in [2.75, 3.05) is 6.61 Å². The molecule has 0 radical (unpaired) electrons. The van der Waals surface area contributed by atoms with Crippen molar-refractivity contribution in [3.05, 3.63) is 28.8 Å². The Morgan fingerprint density at radius 3 is 1.81 bits per heavy atom. The van der Waals surface area contributed by atoms with Gasteiger partial charge in [0.15, 0.2) is 6.61 Å². The van der Waals surface area contributed by atoms with Gasteiger partial charge < -0.3 is 9.84 Å². The van der Waals surface area contributed by atoms with Gasteiger partial charge in [-0.05, 0) is 23.0 Å². The molecule has 0 saturated heterocycles. The van der Waals surface area contributed by atoms with E-state index in [1.165, 1.54) is 6.92 Å². The van der Waals surface area contributed by atoms with Gasteiger partial charge in [0.25, 0.3) is 5.91 Å². The molecular weight excluding hydrogens is 336 g/mol. The summed E-state index contributed by atoms with van der Waals surface area (Å²) in [4.78, 5) is 34.7. The maximum Gasteiger partial charge on any atom is 0.338 e. The summed E-state index contributed by atoms with van der Waals surface area (Å²) >= 11 is 0. The molecule has 144 valence electrons. The van der Waals surface area contributed by atoms with Crippen LogP contribution in [0.3, 0.4) is 0 Å². The number of nitrogens with one attached hydrogen (secondary N) is 2. The molecule has 7 heteroatoms. The van der Waals surface area contributed by atoms with Gasteiger partial charge in [-0.3, -0.25) is 20.4 Å². The van der Waals surface area contributed by atoms with Gasteiger partial charge in [-0.25, -0.2) is 4.79 Å². The minimum Gasteiger partial charge on any atom is -0.507 e. The number of hydrazine groups is 1. The molecule has 3 N–H and O–H groups in total. The zero-order valence-corrected chi connectivity index (χ0v) is 16.4. The molecule has 0 aromatic heterocycles. The first kappa shape index (κ1) is 21.5. The Hall–Kier alpha value is -2.57. The molecule has 0 heterocycles. The highest BCUT2D eigenvalue weighted by Gasteiger charge is 2.28. The van der Waals surface area contributed by atoms with E-state index < -0.39 is 24.4 Å². The van der Waals surface area contributed by atoms with Crippen molar-refractivity contribution in [2.45, 2.75) is 59.3 Å². The Balaban J connectivity index is 3.10. The van der Waals surface area contributed by atoms with E-state index in [1.54, 1.807) is 12.1 Å². The van der Waals surface area contributed by atoms with Crippen molar-refractivity contribution < 1.29 is 24.2 Å². The zero-order chi connectivity index (χ0) is 20.3. The van der Waals surface area contributed by atoms with E-state index in [0.29, 0.717) is 11.1 Å². The number of hydrogen-bond acceptors (Lipinski definition) is 5. The van der Waals surface area contributed by atoms with Crippen LogP contribution in [0.2, 0.25) is 0 Å². The predicted molar refractivity (Wildman–Crippen MR) is 97.7 cm³/mol. The molecule has 2 amide bonds. The number of phenolic OH excluding ortho intramolecular Hbond substituents is 1. The molecule has 1 aromatic rings. The molecule has 0 saturated carbocycles. The van der Waals surface area contributed by atoms with Crippen molar-refractivity contribution >= 4 is 17.8 Å². The summed E-state index contributed by atoms with van der Waals surface area (Å²) in [6.45, 7) is 12.3. The Kier molecular flexibility index (Phi) is 6.41. The topological polar surface area (TPSA) is 105 Å². The van der Waals surface area contributed by atoms with E-state index in [9.17, 15) is 19.5 Å². The lowest BCUT2D eigenvalue weighted by Crippen LogP contribution is -2.42. The Morgan fingerprint density at radius 2 is 1.42 bits per heavy atom. The first-order chi connectivity index (χ1) is 11.7. The third kappa shape index (κ3) is 5.75. The van der Waals surface area contributed by atoms with Crippen molar-refractivity contribution in [3.63, 3.8) is 0 Å². The number of hydrogen-bond donors (Lipinski definition) is 3. The van der Waals surface area contributed by atoms with Crippen LogP contribution in [-0.2, 0) is 25.2 Å². The fraction of sp³-hybridized carbons (Fsp3) is 0.526. The zero-order valence-electron chi connectivity index (χ0n) is 16.4. The summed E-state index contributed by atoms with van der Waals surface area (Å²) < 4.78 is 5.01. The van der Waals surface area contributed by atoms with Crippen LogP contribution in [-0.4, -0.2) is 29.5 Å². The van der Waals surface area contributed by atoms with E-state index in [4.69, 9.17) is 4.74 Å². The summed E-state index contributed by atoms with van der Waals surface area (Å²) in [5.41, 5.74) is 4.96. The van der Waals surface area contributed by atoms with Crippen LogP contribution < -0.4 is 10.9 Å². The minimum absolute atomic E-state index is 0.157. The molecular formula is C19H28N2O5. The van der Waals surface area contributed by atoms with Crippen molar-refractivity contribution in [2.24, 2.45) is 0 Å². The third-order valence-corrected chi connectivity index (χ3v) is 3.67. The van der Waals surface area contributed by atoms with E-state index in [0.717, 1.165) is 0 Å². The Labute approximate surface area is 154 Å². The predicted octanol–water partition coefficient (Wildman–Crippen LogP) is 2.31. The number of esters is 1. The molecule has 1 rings (SSSR count). The van der Waals surface area contributed by atoms with Gasteiger partial charge in [-0.1, -0.05) is 41.5 Å². The number of ether oxygens (including phenoxy) is 1. The maximum absolute atomic E-state index is 12.4. The summed E-state index contributed by atoms with van der Waals surface area (Å²) in [5, 5.41) is 10.6. The number of phenols is 1. The Morgan fingerprint density at radius 1 is 0.962 bits per heavy atom. The normalized spacial score (nSPS) is 11.7. The molecule has 0 aliphatic heterocycles. The number of carbonyl (C=O) groups is 3. The van der Waals surface area contributed by atoms with Crippen molar-refractivity contribution in [3.8, 4) is 5.75 Å². The van der Waals surface area contributed by atoms with Crippen LogP contribution in [0.5, 0.6) is 5.75 Å². The van der Waals surface area contributed by atoms with Gasteiger partial charge in [0.1, 0.15) is 5.75 Å². The second-order valence-corrected chi connectivity index (χ2v) is 8.23. The molecule has 1 aromatic carbocycles. The molecule has 0 aliphatic carbocycles. The summed E-state index contributed by atoms with van der Waals surface area (Å²) in [6, 6.07) is 3.16. The standard InChI is InChI=1S/C19H28N2O5/c1-11(22)20-21-15(23)10-26-17(25)12-8-13(18(2,3)4)16(24)14(9-12)19(5,6)7/h8-9,24H,10H2,1-7H3,(H,20,22)(H,21,23). The van der Waals surface area contributed by atoms with E-state index in [2.05, 4.69) is 10.9 Å². The summed E-state index contributed by atoms with van der Waals surface area (Å²) in [6.07, 6.45) is 0. The third-order valence-electron chi connectivity index (χ3n) is 3.67. The van der Waals surface area contributed by atoms with Gasteiger partial charge in [-0.15, -0.1) is 0 Å². The highest BCUT2D eigenvalue weighted by Crippen LogP contribution is 2.39. The first-order valence-corrected chi connectivity index (χ1v) is 8.34. The van der Waals surface area contributed by atoms with Crippen LogP contribution in [0.1, 0.15) is 70.0 Å². The minimum atomic E-state index is -0.682. The van der Waals surface area contributed by atoms with Crippen molar-refractivity contribution in [1.29, 1.82) is 0 Å². The molecule has 0 spiro atoms. The lowest BCUT2D eigenvalue weighted by Gasteiger charge is -2.27. The van der Waals surface area contributed by atoms with Crippen LogP contribution >= 0.6 is 0 Å². The number of benzene rings is 1. The number of aromatic hydroxyl groups is 1. The quantitative estimate of drug-likeness (QED) is 0.564. The molecule has 0 aliphatic rings.